The van der Waals surface area contributed by atoms with Gasteiger partial charge in [0.25, 0.3) is 0 Å². The summed E-state index contributed by atoms with van der Waals surface area (Å²) in [7, 11) is 0. The van der Waals surface area contributed by atoms with E-state index in [1.807, 2.05) is 13.0 Å². The van der Waals surface area contributed by atoms with E-state index < -0.39 is 0 Å². The molecule has 4 nitrogen and oxygen atoms in total. The SMILES string of the molecule is CCOCC(NN)c1ccoc1CC. The van der Waals surface area contributed by atoms with Gasteiger partial charge >= 0.3 is 0 Å². The van der Waals surface area contributed by atoms with Crippen LogP contribution in [0.5, 0.6) is 0 Å². The Morgan fingerprint density at radius 1 is 1.57 bits per heavy atom. The minimum absolute atomic E-state index is 0.0173. The number of hydrogen-bond acceptors (Lipinski definition) is 4. The summed E-state index contributed by atoms with van der Waals surface area (Å²) in [4.78, 5) is 0. The minimum atomic E-state index is 0.0173. The fourth-order valence-electron chi connectivity index (χ4n) is 1.41. The molecule has 0 radical (unpaired) electrons. The normalized spacial score (nSPS) is 13.1. The van der Waals surface area contributed by atoms with Gasteiger partial charge in [-0.3, -0.25) is 11.3 Å². The average Bonchev–Trinajstić information content (AvgIpc) is 2.67. The molecule has 0 spiro atoms. The molecule has 1 rings (SSSR count). The van der Waals surface area contributed by atoms with E-state index in [4.69, 9.17) is 15.0 Å². The first kappa shape index (κ1) is 11.2. The van der Waals surface area contributed by atoms with Gasteiger partial charge in [0.05, 0.1) is 18.9 Å². The lowest BCUT2D eigenvalue weighted by Gasteiger charge is -2.15. The van der Waals surface area contributed by atoms with Gasteiger partial charge in [0.1, 0.15) is 5.76 Å². The molecular weight excluding hydrogens is 180 g/mol. The van der Waals surface area contributed by atoms with E-state index in [9.17, 15) is 0 Å². The number of furan rings is 1. The van der Waals surface area contributed by atoms with Crippen LogP contribution in [0.1, 0.15) is 31.2 Å². The summed E-state index contributed by atoms with van der Waals surface area (Å²) < 4.78 is 10.7. The summed E-state index contributed by atoms with van der Waals surface area (Å²) >= 11 is 0. The Labute approximate surface area is 84.4 Å². The van der Waals surface area contributed by atoms with Gasteiger partial charge in [0.2, 0.25) is 0 Å². The van der Waals surface area contributed by atoms with Crippen LogP contribution in [0, 0.1) is 0 Å². The van der Waals surface area contributed by atoms with Crippen molar-refractivity contribution in [2.45, 2.75) is 26.3 Å². The van der Waals surface area contributed by atoms with Crippen molar-refractivity contribution in [1.82, 2.24) is 5.43 Å². The van der Waals surface area contributed by atoms with Gasteiger partial charge in [0, 0.05) is 18.6 Å². The number of nitrogens with two attached hydrogens (primary N) is 1. The molecule has 80 valence electrons. The second-order valence-electron chi connectivity index (χ2n) is 3.03. The van der Waals surface area contributed by atoms with Crippen LogP contribution in [0.25, 0.3) is 0 Å². The Kier molecular flexibility index (Phi) is 4.65. The molecule has 0 aromatic carbocycles. The Hall–Kier alpha value is -0.840. The molecule has 0 aliphatic carbocycles. The number of hydrazine groups is 1. The number of nitrogens with one attached hydrogen (secondary N) is 1. The van der Waals surface area contributed by atoms with Crippen LogP contribution in [0.3, 0.4) is 0 Å². The number of ether oxygens (including phenoxy) is 1. The molecule has 0 fully saturated rings. The maximum absolute atomic E-state index is 5.46. The van der Waals surface area contributed by atoms with Gasteiger partial charge in [-0.15, -0.1) is 0 Å². The number of hydrogen-bond donors (Lipinski definition) is 2. The number of aryl methyl sites for hydroxylation is 1. The average molecular weight is 198 g/mol. The molecule has 0 amide bonds. The maximum Gasteiger partial charge on any atom is 0.108 e. The fourth-order valence-corrected chi connectivity index (χ4v) is 1.41. The monoisotopic (exact) mass is 198 g/mol. The standard InChI is InChI=1S/C10H18N2O2/c1-3-10-8(5-6-14-10)9(12-11)7-13-4-2/h5-6,9,12H,3-4,7,11H2,1-2H3. The highest BCUT2D eigenvalue weighted by molar-refractivity contribution is 5.21. The van der Waals surface area contributed by atoms with E-state index in [-0.39, 0.29) is 6.04 Å². The highest BCUT2D eigenvalue weighted by Crippen LogP contribution is 2.19. The van der Waals surface area contributed by atoms with Gasteiger partial charge in [0.15, 0.2) is 0 Å². The van der Waals surface area contributed by atoms with Gasteiger partial charge in [-0.1, -0.05) is 6.92 Å². The van der Waals surface area contributed by atoms with Crippen molar-refractivity contribution in [1.29, 1.82) is 0 Å². The lowest BCUT2D eigenvalue weighted by atomic mass is 10.1. The third kappa shape index (κ3) is 2.57. The first-order valence-corrected chi connectivity index (χ1v) is 4.93. The number of rotatable bonds is 6. The molecule has 3 N–H and O–H groups in total. The third-order valence-electron chi connectivity index (χ3n) is 2.17. The molecule has 14 heavy (non-hydrogen) atoms. The zero-order chi connectivity index (χ0) is 10.4. The predicted molar refractivity (Wildman–Crippen MR) is 54.6 cm³/mol. The lowest BCUT2D eigenvalue weighted by molar-refractivity contribution is 0.122. The van der Waals surface area contributed by atoms with Gasteiger partial charge in [-0.25, -0.2) is 0 Å². The van der Waals surface area contributed by atoms with Crippen molar-refractivity contribution in [2.75, 3.05) is 13.2 Å². The van der Waals surface area contributed by atoms with Crippen LogP contribution in [0.2, 0.25) is 0 Å². The van der Waals surface area contributed by atoms with E-state index in [1.165, 1.54) is 0 Å². The zero-order valence-corrected chi connectivity index (χ0v) is 8.75. The molecule has 4 heteroatoms. The van der Waals surface area contributed by atoms with E-state index in [0.717, 1.165) is 17.7 Å². The smallest absolute Gasteiger partial charge is 0.108 e. The molecule has 1 atom stereocenters. The molecule has 0 aliphatic heterocycles. The van der Waals surface area contributed by atoms with E-state index in [2.05, 4.69) is 12.3 Å². The summed E-state index contributed by atoms with van der Waals surface area (Å²) in [5, 5.41) is 0. The van der Waals surface area contributed by atoms with Crippen molar-refractivity contribution in [3.8, 4) is 0 Å². The van der Waals surface area contributed by atoms with E-state index in [0.29, 0.717) is 13.2 Å². The first-order valence-electron chi connectivity index (χ1n) is 4.93. The fraction of sp³-hybridized carbons (Fsp3) is 0.600. The summed E-state index contributed by atoms with van der Waals surface area (Å²) in [5.41, 5.74) is 3.82. The van der Waals surface area contributed by atoms with Crippen molar-refractivity contribution in [3.63, 3.8) is 0 Å². The van der Waals surface area contributed by atoms with Gasteiger partial charge in [-0.2, -0.15) is 0 Å². The van der Waals surface area contributed by atoms with Crippen LogP contribution < -0.4 is 11.3 Å². The molecule has 1 aromatic rings. The highest BCUT2D eigenvalue weighted by Gasteiger charge is 2.15. The topological polar surface area (TPSA) is 60.4 Å². The summed E-state index contributed by atoms with van der Waals surface area (Å²) in [6, 6.07) is 1.95. The van der Waals surface area contributed by atoms with Gasteiger partial charge < -0.3 is 9.15 Å². The second kappa shape index (κ2) is 5.80. The maximum atomic E-state index is 5.46. The van der Waals surface area contributed by atoms with Crippen LogP contribution in [0.4, 0.5) is 0 Å². The van der Waals surface area contributed by atoms with Crippen molar-refractivity contribution < 1.29 is 9.15 Å². The van der Waals surface area contributed by atoms with Crippen LogP contribution in [0.15, 0.2) is 16.7 Å². The molecule has 1 unspecified atom stereocenters. The molecular formula is C10H18N2O2. The molecule has 0 saturated heterocycles. The van der Waals surface area contributed by atoms with Gasteiger partial charge in [-0.05, 0) is 13.0 Å². The Morgan fingerprint density at radius 3 is 2.93 bits per heavy atom. The molecule has 0 bridgehead atoms. The van der Waals surface area contributed by atoms with Crippen molar-refractivity contribution in [3.05, 3.63) is 23.7 Å². The highest BCUT2D eigenvalue weighted by atomic mass is 16.5. The van der Waals surface area contributed by atoms with Crippen LogP contribution in [-0.4, -0.2) is 13.2 Å². The quantitative estimate of drug-likeness (QED) is 0.535. The Bertz CT molecular complexity index is 260. The molecule has 1 heterocycles. The van der Waals surface area contributed by atoms with Crippen LogP contribution in [-0.2, 0) is 11.2 Å². The van der Waals surface area contributed by atoms with E-state index in [1.54, 1.807) is 6.26 Å². The third-order valence-corrected chi connectivity index (χ3v) is 2.17. The van der Waals surface area contributed by atoms with Crippen molar-refractivity contribution in [2.24, 2.45) is 5.84 Å². The summed E-state index contributed by atoms with van der Waals surface area (Å²) in [6.07, 6.45) is 2.55. The Balaban J connectivity index is 2.67. The zero-order valence-electron chi connectivity index (χ0n) is 8.75. The predicted octanol–water partition coefficient (Wildman–Crippen LogP) is 1.38. The molecule has 1 aromatic heterocycles. The largest absolute Gasteiger partial charge is 0.469 e. The van der Waals surface area contributed by atoms with E-state index >= 15 is 0 Å². The lowest BCUT2D eigenvalue weighted by Crippen LogP contribution is -2.31. The Morgan fingerprint density at radius 2 is 2.36 bits per heavy atom. The van der Waals surface area contributed by atoms with Crippen LogP contribution >= 0.6 is 0 Å². The molecule has 0 saturated carbocycles. The molecule has 0 aliphatic rings. The van der Waals surface area contributed by atoms with Crippen molar-refractivity contribution >= 4 is 0 Å². The summed E-state index contributed by atoms with van der Waals surface area (Å²) in [6.45, 7) is 5.28. The summed E-state index contributed by atoms with van der Waals surface area (Å²) in [5.74, 6) is 6.42. The minimum Gasteiger partial charge on any atom is -0.469 e. The second-order valence-corrected chi connectivity index (χ2v) is 3.03. The first-order chi connectivity index (χ1) is 6.83.